The lowest BCUT2D eigenvalue weighted by Crippen LogP contribution is -2.12. The molecule has 0 spiro atoms. The summed E-state index contributed by atoms with van der Waals surface area (Å²) in [6.45, 7) is 3.85. The van der Waals surface area contributed by atoms with Crippen LogP contribution >= 0.6 is 0 Å². The molecule has 2 aromatic carbocycles. The predicted octanol–water partition coefficient (Wildman–Crippen LogP) is 3.96. The predicted molar refractivity (Wildman–Crippen MR) is 81.3 cm³/mol. The number of benzene rings is 2. The molecule has 106 valence electrons. The van der Waals surface area contributed by atoms with Crippen molar-refractivity contribution >= 4 is 5.78 Å². The van der Waals surface area contributed by atoms with E-state index < -0.39 is 5.92 Å². The summed E-state index contributed by atoms with van der Waals surface area (Å²) in [6.07, 6.45) is 0.0382. The first-order valence-corrected chi connectivity index (χ1v) is 6.87. The van der Waals surface area contributed by atoms with Gasteiger partial charge in [-0.05, 0) is 31.5 Å². The maximum atomic E-state index is 12.5. The van der Waals surface area contributed by atoms with Crippen LogP contribution in [0.4, 0.5) is 0 Å². The van der Waals surface area contributed by atoms with Crippen LogP contribution in [0.3, 0.4) is 0 Å². The normalized spacial score (nSPS) is 11.7. The molecule has 1 unspecified atom stereocenters. The number of nitriles is 1. The number of ketones is 1. The summed E-state index contributed by atoms with van der Waals surface area (Å²) in [6, 6.07) is 18.2. The maximum absolute atomic E-state index is 12.5. The topological polar surface area (TPSA) is 50.1 Å². The van der Waals surface area contributed by atoms with Gasteiger partial charge < -0.3 is 4.74 Å². The van der Waals surface area contributed by atoms with Gasteiger partial charge in [-0.2, -0.15) is 5.26 Å². The minimum atomic E-state index is -0.791. The molecule has 3 heteroatoms. The zero-order valence-corrected chi connectivity index (χ0v) is 12.1. The number of Topliss-reactive ketones (excluding diaryl/α,β-unsaturated/α-hetero) is 1. The summed E-state index contributed by atoms with van der Waals surface area (Å²) < 4.78 is 5.59. The monoisotopic (exact) mass is 279 g/mol. The Labute approximate surface area is 124 Å². The van der Waals surface area contributed by atoms with Crippen LogP contribution in [0.2, 0.25) is 0 Å². The van der Waals surface area contributed by atoms with Gasteiger partial charge in [-0.1, -0.05) is 42.5 Å². The highest BCUT2D eigenvalue weighted by Crippen LogP contribution is 2.23. The molecule has 0 aromatic heterocycles. The number of hydrogen-bond donors (Lipinski definition) is 0. The quantitative estimate of drug-likeness (QED) is 0.778. The van der Waals surface area contributed by atoms with E-state index in [0.717, 1.165) is 0 Å². The highest BCUT2D eigenvalue weighted by Gasteiger charge is 2.21. The van der Waals surface area contributed by atoms with Crippen molar-refractivity contribution < 1.29 is 9.53 Å². The summed E-state index contributed by atoms with van der Waals surface area (Å²) in [4.78, 5) is 12.5. The van der Waals surface area contributed by atoms with Crippen molar-refractivity contribution in [1.82, 2.24) is 0 Å². The molecular formula is C18H17NO2. The first-order chi connectivity index (χ1) is 10.1. The van der Waals surface area contributed by atoms with Crippen molar-refractivity contribution in [3.8, 4) is 11.8 Å². The molecule has 0 aliphatic rings. The molecule has 0 heterocycles. The molecular weight excluding hydrogens is 262 g/mol. The summed E-state index contributed by atoms with van der Waals surface area (Å²) in [5.74, 6) is -0.362. The first-order valence-electron chi connectivity index (χ1n) is 6.87. The first kappa shape index (κ1) is 14.8. The van der Waals surface area contributed by atoms with E-state index in [1.807, 2.05) is 32.0 Å². The second-order valence-electron chi connectivity index (χ2n) is 5.03. The van der Waals surface area contributed by atoms with E-state index >= 15 is 0 Å². The molecule has 3 nitrogen and oxygen atoms in total. The molecule has 2 rings (SSSR count). The number of carbonyl (C=O) groups excluding carboxylic acids is 1. The van der Waals surface area contributed by atoms with Gasteiger partial charge in [0.2, 0.25) is 0 Å². The SMILES string of the molecule is CC(C)Oc1cccc(C(=O)C(C#N)c2ccccc2)c1. The van der Waals surface area contributed by atoms with Crippen LogP contribution in [0.15, 0.2) is 54.6 Å². The van der Waals surface area contributed by atoms with Crippen LogP contribution in [-0.2, 0) is 0 Å². The van der Waals surface area contributed by atoms with E-state index in [0.29, 0.717) is 16.9 Å². The lowest BCUT2D eigenvalue weighted by molar-refractivity contribution is 0.0978. The molecule has 2 aromatic rings. The largest absolute Gasteiger partial charge is 0.491 e. The molecule has 1 atom stereocenters. The number of nitrogens with zero attached hydrogens (tertiary/aromatic N) is 1. The fourth-order valence-corrected chi connectivity index (χ4v) is 2.09. The van der Waals surface area contributed by atoms with Gasteiger partial charge in [0.1, 0.15) is 11.7 Å². The molecule has 0 radical (unpaired) electrons. The van der Waals surface area contributed by atoms with Crippen molar-refractivity contribution in [2.24, 2.45) is 0 Å². The van der Waals surface area contributed by atoms with Gasteiger partial charge in [-0.3, -0.25) is 4.79 Å². The highest BCUT2D eigenvalue weighted by molar-refractivity contribution is 6.03. The maximum Gasteiger partial charge on any atom is 0.184 e. The van der Waals surface area contributed by atoms with Gasteiger partial charge in [0, 0.05) is 5.56 Å². The van der Waals surface area contributed by atoms with Crippen LogP contribution in [0, 0.1) is 11.3 Å². The lowest BCUT2D eigenvalue weighted by Gasteiger charge is -2.12. The van der Waals surface area contributed by atoms with Gasteiger partial charge in [-0.25, -0.2) is 0 Å². The van der Waals surface area contributed by atoms with Crippen LogP contribution in [0.25, 0.3) is 0 Å². The third-order valence-corrected chi connectivity index (χ3v) is 3.01. The second kappa shape index (κ2) is 6.71. The summed E-state index contributed by atoms with van der Waals surface area (Å²) in [5, 5.41) is 9.32. The molecule has 0 aliphatic heterocycles. The van der Waals surface area contributed by atoms with E-state index in [-0.39, 0.29) is 11.9 Å². The molecule has 0 aliphatic carbocycles. The average molecular weight is 279 g/mol. The highest BCUT2D eigenvalue weighted by atomic mass is 16.5. The van der Waals surface area contributed by atoms with E-state index in [1.54, 1.807) is 36.4 Å². The Kier molecular flexibility index (Phi) is 4.73. The van der Waals surface area contributed by atoms with Gasteiger partial charge in [0.15, 0.2) is 5.78 Å². The molecule has 0 saturated heterocycles. The smallest absolute Gasteiger partial charge is 0.184 e. The van der Waals surface area contributed by atoms with Crippen molar-refractivity contribution in [2.75, 3.05) is 0 Å². The Hall–Kier alpha value is -2.60. The van der Waals surface area contributed by atoms with E-state index in [4.69, 9.17) is 4.74 Å². The molecule has 0 amide bonds. The van der Waals surface area contributed by atoms with Gasteiger partial charge >= 0.3 is 0 Å². The van der Waals surface area contributed by atoms with Crippen LogP contribution in [0.1, 0.15) is 35.7 Å². The van der Waals surface area contributed by atoms with Crippen molar-refractivity contribution in [1.29, 1.82) is 5.26 Å². The number of hydrogen-bond acceptors (Lipinski definition) is 3. The molecule has 0 bridgehead atoms. The van der Waals surface area contributed by atoms with Crippen LogP contribution in [-0.4, -0.2) is 11.9 Å². The lowest BCUT2D eigenvalue weighted by atomic mass is 9.92. The van der Waals surface area contributed by atoms with Crippen molar-refractivity contribution in [3.05, 3.63) is 65.7 Å². The minimum absolute atomic E-state index is 0.0382. The van der Waals surface area contributed by atoms with E-state index in [9.17, 15) is 10.1 Å². The zero-order chi connectivity index (χ0) is 15.2. The van der Waals surface area contributed by atoms with Gasteiger partial charge in [0.05, 0.1) is 12.2 Å². The summed E-state index contributed by atoms with van der Waals surface area (Å²) in [7, 11) is 0. The Morgan fingerprint density at radius 3 is 2.43 bits per heavy atom. The van der Waals surface area contributed by atoms with Crippen molar-refractivity contribution in [3.63, 3.8) is 0 Å². The number of carbonyl (C=O) groups is 1. The molecule has 0 saturated carbocycles. The third kappa shape index (κ3) is 3.70. The fourth-order valence-electron chi connectivity index (χ4n) is 2.09. The average Bonchev–Trinajstić information content (AvgIpc) is 2.48. The third-order valence-electron chi connectivity index (χ3n) is 3.01. The zero-order valence-electron chi connectivity index (χ0n) is 12.1. The van der Waals surface area contributed by atoms with E-state index in [2.05, 4.69) is 6.07 Å². The van der Waals surface area contributed by atoms with Crippen LogP contribution < -0.4 is 4.74 Å². The Morgan fingerprint density at radius 2 is 1.81 bits per heavy atom. The number of ether oxygens (including phenoxy) is 1. The fraction of sp³-hybridized carbons (Fsp3) is 0.222. The molecule has 0 N–H and O–H groups in total. The summed E-state index contributed by atoms with van der Waals surface area (Å²) >= 11 is 0. The van der Waals surface area contributed by atoms with Crippen LogP contribution in [0.5, 0.6) is 5.75 Å². The second-order valence-corrected chi connectivity index (χ2v) is 5.03. The Morgan fingerprint density at radius 1 is 1.10 bits per heavy atom. The molecule has 0 fully saturated rings. The molecule has 21 heavy (non-hydrogen) atoms. The standard InChI is InChI=1S/C18H17NO2/c1-13(2)21-16-10-6-9-15(11-16)18(20)17(12-19)14-7-4-3-5-8-14/h3-11,13,17H,1-2H3. The Bertz CT molecular complexity index is 656. The van der Waals surface area contributed by atoms with Gasteiger partial charge in [-0.15, -0.1) is 0 Å². The van der Waals surface area contributed by atoms with Crippen molar-refractivity contribution in [2.45, 2.75) is 25.9 Å². The number of rotatable bonds is 5. The van der Waals surface area contributed by atoms with Gasteiger partial charge in [0.25, 0.3) is 0 Å². The van der Waals surface area contributed by atoms with E-state index in [1.165, 1.54) is 0 Å². The Balaban J connectivity index is 2.29. The minimum Gasteiger partial charge on any atom is -0.491 e. The summed E-state index contributed by atoms with van der Waals surface area (Å²) in [5.41, 5.74) is 1.20.